The maximum atomic E-state index is 9.58. The van der Waals surface area contributed by atoms with Crippen LogP contribution < -0.4 is 5.32 Å². The van der Waals surface area contributed by atoms with Crippen LogP contribution in [0.4, 0.5) is 0 Å². The summed E-state index contributed by atoms with van der Waals surface area (Å²) in [6.45, 7) is 2.86. The fourth-order valence-corrected chi connectivity index (χ4v) is 3.27. The van der Waals surface area contributed by atoms with Crippen molar-refractivity contribution in [3.8, 4) is 0 Å². The molecule has 0 saturated carbocycles. The van der Waals surface area contributed by atoms with Crippen molar-refractivity contribution in [3.63, 3.8) is 0 Å². The van der Waals surface area contributed by atoms with Crippen LogP contribution in [0, 0.1) is 6.92 Å². The van der Waals surface area contributed by atoms with Gasteiger partial charge in [-0.1, -0.05) is 30.3 Å². The number of aryl methyl sites for hydroxylation is 1. The fourth-order valence-electron chi connectivity index (χ4n) is 2.49. The Hall–Kier alpha value is -1.69. The van der Waals surface area contributed by atoms with Gasteiger partial charge in [0.15, 0.2) is 4.96 Å². The SMILES string of the molecule is Cc1nc2sccn2c1CN[C@H](CO)Cc1ccccc1. The van der Waals surface area contributed by atoms with Crippen molar-refractivity contribution in [1.29, 1.82) is 0 Å². The van der Waals surface area contributed by atoms with Gasteiger partial charge in [-0.3, -0.25) is 4.40 Å². The van der Waals surface area contributed by atoms with Crippen molar-refractivity contribution >= 4 is 16.3 Å². The number of hydrogen-bond acceptors (Lipinski definition) is 4. The maximum absolute atomic E-state index is 9.58. The zero-order valence-electron chi connectivity index (χ0n) is 12.0. The van der Waals surface area contributed by atoms with Gasteiger partial charge in [-0.25, -0.2) is 4.98 Å². The Labute approximate surface area is 128 Å². The molecule has 1 atom stereocenters. The normalized spacial score (nSPS) is 12.9. The molecule has 21 heavy (non-hydrogen) atoms. The summed E-state index contributed by atoms with van der Waals surface area (Å²) < 4.78 is 2.12. The van der Waals surface area contributed by atoms with Crippen molar-refractivity contribution in [2.24, 2.45) is 0 Å². The molecule has 4 nitrogen and oxygen atoms in total. The van der Waals surface area contributed by atoms with E-state index < -0.39 is 0 Å². The molecular formula is C16H19N3OS. The molecule has 0 aliphatic rings. The molecule has 0 amide bonds. The van der Waals surface area contributed by atoms with E-state index in [2.05, 4.69) is 26.8 Å². The van der Waals surface area contributed by atoms with Gasteiger partial charge in [0.25, 0.3) is 0 Å². The molecular weight excluding hydrogens is 282 g/mol. The summed E-state index contributed by atoms with van der Waals surface area (Å²) in [5, 5.41) is 15.1. The van der Waals surface area contributed by atoms with Gasteiger partial charge in [0, 0.05) is 24.2 Å². The first-order valence-electron chi connectivity index (χ1n) is 7.07. The molecule has 0 saturated heterocycles. The molecule has 0 aliphatic heterocycles. The molecule has 0 radical (unpaired) electrons. The van der Waals surface area contributed by atoms with Gasteiger partial charge in [0.05, 0.1) is 18.0 Å². The van der Waals surface area contributed by atoms with E-state index in [9.17, 15) is 5.11 Å². The smallest absolute Gasteiger partial charge is 0.194 e. The number of imidazole rings is 1. The van der Waals surface area contributed by atoms with Gasteiger partial charge < -0.3 is 10.4 Å². The van der Waals surface area contributed by atoms with Crippen molar-refractivity contribution in [1.82, 2.24) is 14.7 Å². The number of rotatable bonds is 6. The highest BCUT2D eigenvalue weighted by atomic mass is 32.1. The summed E-state index contributed by atoms with van der Waals surface area (Å²) in [6, 6.07) is 10.3. The molecule has 5 heteroatoms. The third-order valence-electron chi connectivity index (χ3n) is 3.66. The highest BCUT2D eigenvalue weighted by Gasteiger charge is 2.12. The largest absolute Gasteiger partial charge is 0.395 e. The Kier molecular flexibility index (Phi) is 4.34. The lowest BCUT2D eigenvalue weighted by atomic mass is 10.1. The van der Waals surface area contributed by atoms with Crippen molar-refractivity contribution < 1.29 is 5.11 Å². The number of nitrogens with zero attached hydrogens (tertiary/aromatic N) is 2. The number of fused-ring (bicyclic) bond motifs is 1. The number of aromatic nitrogens is 2. The van der Waals surface area contributed by atoms with E-state index in [1.54, 1.807) is 11.3 Å². The zero-order valence-corrected chi connectivity index (χ0v) is 12.8. The molecule has 1 aromatic carbocycles. The Bertz CT molecular complexity index is 705. The van der Waals surface area contributed by atoms with Crippen molar-refractivity contribution in [3.05, 3.63) is 58.9 Å². The predicted molar refractivity (Wildman–Crippen MR) is 85.7 cm³/mol. The minimum absolute atomic E-state index is 0.0518. The number of hydrogen-bond donors (Lipinski definition) is 2. The fraction of sp³-hybridized carbons (Fsp3) is 0.312. The van der Waals surface area contributed by atoms with Gasteiger partial charge in [-0.05, 0) is 18.9 Å². The van der Waals surface area contributed by atoms with E-state index in [4.69, 9.17) is 0 Å². The van der Waals surface area contributed by atoms with Crippen LogP contribution in [0.3, 0.4) is 0 Å². The average molecular weight is 301 g/mol. The second kappa shape index (κ2) is 6.39. The predicted octanol–water partition coefficient (Wildman–Crippen LogP) is 2.40. The second-order valence-corrected chi connectivity index (χ2v) is 6.02. The summed E-state index contributed by atoms with van der Waals surface area (Å²) in [5.41, 5.74) is 3.44. The molecule has 0 bridgehead atoms. The Morgan fingerprint density at radius 2 is 2.14 bits per heavy atom. The van der Waals surface area contributed by atoms with Crippen LogP contribution in [0.1, 0.15) is 17.0 Å². The topological polar surface area (TPSA) is 49.6 Å². The number of thiazole rings is 1. The van der Waals surface area contributed by atoms with Crippen LogP contribution in [0.5, 0.6) is 0 Å². The molecule has 2 N–H and O–H groups in total. The summed E-state index contributed by atoms with van der Waals surface area (Å²) >= 11 is 1.64. The van der Waals surface area contributed by atoms with Crippen molar-refractivity contribution in [2.45, 2.75) is 25.9 Å². The van der Waals surface area contributed by atoms with E-state index in [-0.39, 0.29) is 12.6 Å². The van der Waals surface area contributed by atoms with Gasteiger partial charge >= 0.3 is 0 Å². The molecule has 3 rings (SSSR count). The van der Waals surface area contributed by atoms with Crippen LogP contribution in [-0.4, -0.2) is 27.1 Å². The van der Waals surface area contributed by atoms with E-state index in [0.717, 1.165) is 22.8 Å². The van der Waals surface area contributed by atoms with Gasteiger partial charge in [0.2, 0.25) is 0 Å². The van der Waals surface area contributed by atoms with Crippen LogP contribution in [0.25, 0.3) is 4.96 Å². The zero-order chi connectivity index (χ0) is 14.7. The molecule has 0 unspecified atom stereocenters. The molecule has 0 fully saturated rings. The highest BCUT2D eigenvalue weighted by molar-refractivity contribution is 7.15. The van der Waals surface area contributed by atoms with E-state index in [0.29, 0.717) is 6.54 Å². The molecule has 0 spiro atoms. The average Bonchev–Trinajstić information content (AvgIpc) is 3.05. The summed E-state index contributed by atoms with van der Waals surface area (Å²) in [5.74, 6) is 0. The van der Waals surface area contributed by atoms with E-state index >= 15 is 0 Å². The summed E-state index contributed by atoms with van der Waals surface area (Å²) in [4.78, 5) is 5.56. The lowest BCUT2D eigenvalue weighted by Crippen LogP contribution is -2.34. The first-order chi connectivity index (χ1) is 10.3. The second-order valence-electron chi connectivity index (χ2n) is 5.15. The number of benzene rings is 1. The highest BCUT2D eigenvalue weighted by Crippen LogP contribution is 2.16. The Balaban J connectivity index is 1.67. The van der Waals surface area contributed by atoms with Crippen LogP contribution in [0.15, 0.2) is 41.9 Å². The summed E-state index contributed by atoms with van der Waals surface area (Å²) in [7, 11) is 0. The number of nitrogens with one attached hydrogen (secondary N) is 1. The summed E-state index contributed by atoms with van der Waals surface area (Å²) in [6.07, 6.45) is 2.87. The molecule has 2 heterocycles. The molecule has 0 aliphatic carbocycles. The Morgan fingerprint density at radius 3 is 2.90 bits per heavy atom. The standard InChI is InChI=1S/C16H19N3OS/c1-12-15(19-7-8-21-16(19)18-12)10-17-14(11-20)9-13-5-3-2-4-6-13/h2-8,14,17,20H,9-11H2,1H3/t14-/m0/s1. The lowest BCUT2D eigenvalue weighted by Gasteiger charge is -2.16. The van der Waals surface area contributed by atoms with E-state index in [1.807, 2.05) is 36.7 Å². The van der Waals surface area contributed by atoms with E-state index in [1.165, 1.54) is 5.56 Å². The van der Waals surface area contributed by atoms with Gasteiger partial charge in [-0.2, -0.15) is 0 Å². The van der Waals surface area contributed by atoms with Crippen LogP contribution in [-0.2, 0) is 13.0 Å². The first kappa shape index (κ1) is 14.3. The van der Waals surface area contributed by atoms with Gasteiger partial charge in [0.1, 0.15) is 0 Å². The molecule has 110 valence electrons. The van der Waals surface area contributed by atoms with Crippen LogP contribution in [0.2, 0.25) is 0 Å². The van der Waals surface area contributed by atoms with Gasteiger partial charge in [-0.15, -0.1) is 11.3 Å². The first-order valence-corrected chi connectivity index (χ1v) is 7.95. The third-order valence-corrected chi connectivity index (χ3v) is 4.42. The lowest BCUT2D eigenvalue weighted by molar-refractivity contribution is 0.240. The number of aliphatic hydroxyl groups is 1. The Morgan fingerprint density at radius 1 is 1.33 bits per heavy atom. The maximum Gasteiger partial charge on any atom is 0.194 e. The minimum Gasteiger partial charge on any atom is -0.395 e. The number of aliphatic hydroxyl groups excluding tert-OH is 1. The third kappa shape index (κ3) is 3.15. The monoisotopic (exact) mass is 301 g/mol. The van der Waals surface area contributed by atoms with Crippen LogP contribution >= 0.6 is 11.3 Å². The van der Waals surface area contributed by atoms with Crippen molar-refractivity contribution in [2.75, 3.05) is 6.61 Å². The molecule has 2 aromatic heterocycles. The molecule has 3 aromatic rings. The quantitative estimate of drug-likeness (QED) is 0.735. The minimum atomic E-state index is 0.0518.